The second-order valence-corrected chi connectivity index (χ2v) is 14.7. The Hall–Kier alpha value is -3.29. The standard InChI is InChI=1S/C34H62N6O7S/c1-16-22(7)28(30(42)35-10)39(13)33(45)26(20(3)4)36-31(43)27(21(5)6)38(12)34(46)29(23(8)17-2)40(14)32(44)24(9)37(11)25(41)18-19-48(15)47/h18-24,26-29H,16-17H2,1-15H3,(H,35,42)(H,36,43)/b19-18+/t22-,23-,24-,26-,27-,28-,29-,48+/m0/s1. The monoisotopic (exact) mass is 698 g/mol. The van der Waals surface area contributed by atoms with Crippen LogP contribution in [0, 0.1) is 23.7 Å². The van der Waals surface area contributed by atoms with Crippen molar-refractivity contribution in [2.24, 2.45) is 23.7 Å². The fourth-order valence-corrected chi connectivity index (χ4v) is 5.95. The highest BCUT2D eigenvalue weighted by Crippen LogP contribution is 2.22. The minimum atomic E-state index is -1.34. The molecule has 6 amide bonds. The molecule has 0 aromatic rings. The van der Waals surface area contributed by atoms with Crippen molar-refractivity contribution >= 4 is 46.2 Å². The summed E-state index contributed by atoms with van der Waals surface area (Å²) in [5.41, 5.74) is 0. The first-order valence-corrected chi connectivity index (χ1v) is 18.3. The quantitative estimate of drug-likeness (QED) is 0.207. The maximum absolute atomic E-state index is 14.2. The average molecular weight is 699 g/mol. The molecule has 0 bridgehead atoms. The van der Waals surface area contributed by atoms with Crippen molar-refractivity contribution in [3.8, 4) is 0 Å². The van der Waals surface area contributed by atoms with Crippen molar-refractivity contribution in [1.82, 2.24) is 30.2 Å². The molecule has 0 saturated heterocycles. The van der Waals surface area contributed by atoms with Crippen LogP contribution in [0.25, 0.3) is 0 Å². The topological polar surface area (TPSA) is 157 Å². The SMILES string of the molecule is CC[C@H](C)[C@@H](C(=O)NC)N(C)C(=O)[C@@H](NC(=O)[C@H](C(C)C)N(C)C(=O)[C@H]([C@@H](C)CC)N(C)C(=O)[C@H](C)N(C)C(=O)/C=C/[S@@](C)=O)C(C)C. The van der Waals surface area contributed by atoms with Gasteiger partial charge in [-0.15, -0.1) is 0 Å². The van der Waals surface area contributed by atoms with Crippen LogP contribution in [0.1, 0.15) is 75.2 Å². The summed E-state index contributed by atoms with van der Waals surface area (Å²) in [6.45, 7) is 16.3. The zero-order chi connectivity index (χ0) is 37.8. The Morgan fingerprint density at radius 1 is 0.646 bits per heavy atom. The van der Waals surface area contributed by atoms with Gasteiger partial charge in [0.05, 0.1) is 0 Å². The Bertz CT molecular complexity index is 1190. The van der Waals surface area contributed by atoms with E-state index in [4.69, 9.17) is 0 Å². The van der Waals surface area contributed by atoms with E-state index in [-0.39, 0.29) is 29.6 Å². The Balaban J connectivity index is 6.42. The fourth-order valence-electron chi connectivity index (χ4n) is 5.64. The highest BCUT2D eigenvalue weighted by atomic mass is 32.2. The van der Waals surface area contributed by atoms with Crippen LogP contribution >= 0.6 is 0 Å². The maximum atomic E-state index is 14.2. The van der Waals surface area contributed by atoms with Crippen LogP contribution in [-0.4, -0.2) is 131 Å². The first kappa shape index (κ1) is 44.7. The summed E-state index contributed by atoms with van der Waals surface area (Å²) < 4.78 is 11.4. The molecule has 13 nitrogen and oxygen atoms in total. The van der Waals surface area contributed by atoms with Crippen LogP contribution in [0.3, 0.4) is 0 Å². The van der Waals surface area contributed by atoms with Crippen LogP contribution in [0.2, 0.25) is 0 Å². The molecule has 0 aliphatic carbocycles. The summed E-state index contributed by atoms with van der Waals surface area (Å²) in [4.78, 5) is 86.2. The molecule has 0 aliphatic heterocycles. The Morgan fingerprint density at radius 2 is 1.10 bits per heavy atom. The van der Waals surface area contributed by atoms with Gasteiger partial charge in [0.15, 0.2) is 0 Å². The van der Waals surface area contributed by atoms with Gasteiger partial charge in [0.2, 0.25) is 35.4 Å². The van der Waals surface area contributed by atoms with Gasteiger partial charge in [0.25, 0.3) is 0 Å². The minimum absolute atomic E-state index is 0.134. The van der Waals surface area contributed by atoms with E-state index < -0.39 is 70.5 Å². The normalized spacial score (nSPS) is 16.6. The number of nitrogens with zero attached hydrogens (tertiary/aromatic N) is 4. The lowest BCUT2D eigenvalue weighted by molar-refractivity contribution is -0.153. The van der Waals surface area contributed by atoms with E-state index in [1.807, 2.05) is 27.7 Å². The number of nitrogens with one attached hydrogen (secondary N) is 2. The summed E-state index contributed by atoms with van der Waals surface area (Å²) in [5.74, 6) is -3.82. The Labute approximate surface area is 291 Å². The molecule has 0 aromatic carbocycles. The van der Waals surface area contributed by atoms with Crippen LogP contribution in [0.5, 0.6) is 0 Å². The van der Waals surface area contributed by atoms with Crippen molar-refractivity contribution in [1.29, 1.82) is 0 Å². The van der Waals surface area contributed by atoms with Crippen molar-refractivity contribution in [2.45, 2.75) is 105 Å². The molecule has 0 saturated carbocycles. The van der Waals surface area contributed by atoms with Crippen LogP contribution in [0.4, 0.5) is 0 Å². The predicted molar refractivity (Wildman–Crippen MR) is 190 cm³/mol. The van der Waals surface area contributed by atoms with Crippen LogP contribution < -0.4 is 10.6 Å². The Morgan fingerprint density at radius 3 is 1.52 bits per heavy atom. The van der Waals surface area contributed by atoms with Crippen molar-refractivity contribution in [3.63, 3.8) is 0 Å². The van der Waals surface area contributed by atoms with E-state index >= 15 is 0 Å². The minimum Gasteiger partial charge on any atom is -0.357 e. The molecule has 276 valence electrons. The van der Waals surface area contributed by atoms with Crippen molar-refractivity contribution in [3.05, 3.63) is 11.5 Å². The molecule has 0 aliphatic rings. The van der Waals surface area contributed by atoms with E-state index in [1.165, 1.54) is 59.5 Å². The number of likely N-dealkylation sites (N-methyl/N-ethyl adjacent to an activating group) is 5. The van der Waals surface area contributed by atoms with E-state index in [1.54, 1.807) is 41.7 Å². The van der Waals surface area contributed by atoms with Gasteiger partial charge in [-0.3, -0.25) is 33.0 Å². The summed E-state index contributed by atoms with van der Waals surface area (Å²) >= 11 is 0. The molecular weight excluding hydrogens is 636 g/mol. The van der Waals surface area contributed by atoms with E-state index in [0.29, 0.717) is 12.8 Å². The Kier molecular flexibility index (Phi) is 18.9. The number of carbonyl (C=O) groups excluding carboxylic acids is 6. The summed E-state index contributed by atoms with van der Waals surface area (Å²) in [6.07, 6.45) is 3.78. The molecule has 0 heterocycles. The summed E-state index contributed by atoms with van der Waals surface area (Å²) in [7, 11) is 6.21. The first-order valence-electron chi connectivity index (χ1n) is 16.7. The zero-order valence-corrected chi connectivity index (χ0v) is 32.6. The molecule has 0 spiro atoms. The number of hydrogen-bond acceptors (Lipinski definition) is 7. The third-order valence-corrected chi connectivity index (χ3v) is 9.77. The molecule has 14 heteroatoms. The van der Waals surface area contributed by atoms with Gasteiger partial charge in [-0.25, -0.2) is 0 Å². The fraction of sp³-hybridized carbons (Fsp3) is 0.765. The lowest BCUT2D eigenvalue weighted by atomic mass is 9.93. The average Bonchev–Trinajstić information content (AvgIpc) is 3.03. The number of rotatable bonds is 18. The van der Waals surface area contributed by atoms with Crippen LogP contribution in [0.15, 0.2) is 11.5 Å². The summed E-state index contributed by atoms with van der Waals surface area (Å²) in [5, 5.41) is 6.74. The van der Waals surface area contributed by atoms with E-state index in [0.717, 1.165) is 6.08 Å². The lowest BCUT2D eigenvalue weighted by Crippen LogP contribution is -2.62. The van der Waals surface area contributed by atoms with Gasteiger partial charge in [0, 0.05) is 63.8 Å². The van der Waals surface area contributed by atoms with Crippen molar-refractivity contribution < 1.29 is 33.0 Å². The number of amides is 6. The van der Waals surface area contributed by atoms with Gasteiger partial charge in [0.1, 0.15) is 30.2 Å². The second-order valence-electron chi connectivity index (χ2n) is 13.5. The first-order chi connectivity index (χ1) is 22.1. The molecular formula is C34H62N6O7S. The third kappa shape index (κ3) is 11.7. The third-order valence-electron chi connectivity index (χ3n) is 9.25. The lowest BCUT2D eigenvalue weighted by Gasteiger charge is -2.40. The molecule has 8 atom stereocenters. The second kappa shape index (κ2) is 20.3. The molecule has 0 fully saturated rings. The van der Waals surface area contributed by atoms with Gasteiger partial charge in [-0.05, 0) is 30.6 Å². The molecule has 0 radical (unpaired) electrons. The van der Waals surface area contributed by atoms with Crippen LogP contribution in [-0.2, 0) is 39.6 Å². The van der Waals surface area contributed by atoms with Gasteiger partial charge in [-0.1, -0.05) is 68.2 Å². The molecule has 0 rings (SSSR count). The predicted octanol–water partition coefficient (Wildman–Crippen LogP) is 1.84. The molecule has 2 N–H and O–H groups in total. The van der Waals surface area contributed by atoms with Crippen molar-refractivity contribution in [2.75, 3.05) is 41.5 Å². The van der Waals surface area contributed by atoms with E-state index in [2.05, 4.69) is 10.6 Å². The summed E-state index contributed by atoms with van der Waals surface area (Å²) in [6, 6.07) is -4.58. The highest BCUT2D eigenvalue weighted by Gasteiger charge is 2.42. The van der Waals surface area contributed by atoms with Gasteiger partial charge in [-0.2, -0.15) is 0 Å². The number of hydrogen-bond donors (Lipinski definition) is 2. The molecule has 0 unspecified atom stereocenters. The molecule has 48 heavy (non-hydrogen) atoms. The molecule has 0 aromatic heterocycles. The van der Waals surface area contributed by atoms with Gasteiger partial charge >= 0.3 is 0 Å². The smallest absolute Gasteiger partial charge is 0.247 e. The zero-order valence-electron chi connectivity index (χ0n) is 31.8. The maximum Gasteiger partial charge on any atom is 0.247 e. The number of carbonyl (C=O) groups is 6. The van der Waals surface area contributed by atoms with Gasteiger partial charge < -0.3 is 30.2 Å². The van der Waals surface area contributed by atoms with E-state index in [9.17, 15) is 33.0 Å². The largest absolute Gasteiger partial charge is 0.357 e. The highest BCUT2D eigenvalue weighted by molar-refractivity contribution is 7.87.